The number of nitrogens with one attached hydrogen (secondary N) is 2. The van der Waals surface area contributed by atoms with Crippen molar-refractivity contribution in [1.82, 2.24) is 10.3 Å². The van der Waals surface area contributed by atoms with Crippen molar-refractivity contribution >= 4 is 52.0 Å². The van der Waals surface area contributed by atoms with Crippen LogP contribution in [-0.2, 0) is 54.3 Å². The van der Waals surface area contributed by atoms with Gasteiger partial charge in [0.1, 0.15) is 12.2 Å². The quantitative estimate of drug-likeness (QED) is 0.103. The number of aliphatic hydroxyl groups is 1. The van der Waals surface area contributed by atoms with Crippen molar-refractivity contribution in [3.05, 3.63) is 95.9 Å². The zero-order chi connectivity index (χ0) is 51.5. The summed E-state index contributed by atoms with van der Waals surface area (Å²) in [6.07, 6.45) is 5.44. The molecule has 9 atom stereocenters. The molecule has 1 aromatic heterocycles. The number of alkyl halides is 1. The number of carbonyl (C=O) groups excluding carboxylic acids is 6. The Kier molecular flexibility index (Phi) is 13.5. The number of pyridine rings is 1. The minimum atomic E-state index is -2.12. The number of nitrogens with zero attached hydrogens (tertiary/aromatic N) is 1. The summed E-state index contributed by atoms with van der Waals surface area (Å²) in [5.74, 6) is -5.57. The molecule has 8 rings (SSSR count). The van der Waals surface area contributed by atoms with Crippen LogP contribution in [-0.4, -0.2) is 93.6 Å². The lowest BCUT2D eigenvalue weighted by Gasteiger charge is -2.62. The van der Waals surface area contributed by atoms with E-state index in [4.69, 9.17) is 23.7 Å². The van der Waals surface area contributed by atoms with Crippen molar-refractivity contribution in [2.24, 2.45) is 28.1 Å². The van der Waals surface area contributed by atoms with Crippen LogP contribution in [0, 0.1) is 28.1 Å². The van der Waals surface area contributed by atoms with E-state index < -0.39 is 99.3 Å². The number of ether oxygens (including phenoxy) is 5. The highest BCUT2D eigenvalue weighted by Gasteiger charge is 2.80. The van der Waals surface area contributed by atoms with E-state index in [9.17, 15) is 33.9 Å². The molecular formula is C55H66FN3O12. The van der Waals surface area contributed by atoms with E-state index in [1.807, 2.05) is 25.1 Å². The molecule has 15 nitrogen and oxygen atoms in total. The van der Waals surface area contributed by atoms with Gasteiger partial charge in [-0.1, -0.05) is 62.8 Å². The first-order chi connectivity index (χ1) is 33.2. The molecule has 3 aromatic rings. The second kappa shape index (κ2) is 18.6. The molecule has 1 aliphatic heterocycles. The number of ketones is 2. The fourth-order valence-electron chi connectivity index (χ4n) is 12.3. The third kappa shape index (κ3) is 9.79. The van der Waals surface area contributed by atoms with Crippen LogP contribution in [0.4, 0.5) is 14.9 Å². The number of anilines is 1. The van der Waals surface area contributed by atoms with Gasteiger partial charge in [0.25, 0.3) is 0 Å². The second-order valence-electron chi connectivity index (χ2n) is 22.7. The van der Waals surface area contributed by atoms with Gasteiger partial charge in [0.15, 0.2) is 29.4 Å². The van der Waals surface area contributed by atoms with Crippen molar-refractivity contribution < 1.29 is 61.9 Å². The van der Waals surface area contributed by atoms with Gasteiger partial charge in [0.2, 0.25) is 11.7 Å². The molecule has 4 fully saturated rings. The number of alkyl carbamates (subject to hydrolysis) is 1. The Morgan fingerprint density at radius 2 is 1.63 bits per heavy atom. The Labute approximate surface area is 413 Å². The number of aromatic nitrogens is 1. The van der Waals surface area contributed by atoms with Crippen LogP contribution in [0.25, 0.3) is 10.8 Å². The molecule has 4 aliphatic carbocycles. The van der Waals surface area contributed by atoms with Crippen LogP contribution in [0.1, 0.15) is 118 Å². The van der Waals surface area contributed by atoms with E-state index in [-0.39, 0.29) is 50.5 Å². The van der Waals surface area contributed by atoms with E-state index in [1.165, 1.54) is 12.2 Å². The van der Waals surface area contributed by atoms with Gasteiger partial charge in [-0.15, -0.1) is 0 Å². The van der Waals surface area contributed by atoms with Crippen molar-refractivity contribution in [2.75, 3.05) is 18.5 Å². The lowest BCUT2D eigenvalue weighted by molar-refractivity contribution is -0.246. The molecular weight excluding hydrogens is 914 g/mol. The number of carbonyl (C=O) groups is 6. The lowest BCUT2D eigenvalue weighted by atomic mass is 9.44. The third-order valence-electron chi connectivity index (χ3n) is 15.5. The number of esters is 2. The number of benzene rings is 2. The fourth-order valence-corrected chi connectivity index (χ4v) is 12.3. The molecule has 16 heteroatoms. The highest BCUT2D eigenvalue weighted by atomic mass is 19.1. The first-order valence-corrected chi connectivity index (χ1v) is 24.4. The van der Waals surface area contributed by atoms with E-state index in [0.717, 1.165) is 10.8 Å². The van der Waals surface area contributed by atoms with Crippen molar-refractivity contribution in [2.45, 2.75) is 148 Å². The number of fused-ring (bicyclic) bond motifs is 8. The summed E-state index contributed by atoms with van der Waals surface area (Å²) < 4.78 is 47.5. The van der Waals surface area contributed by atoms with Crippen LogP contribution < -0.4 is 10.6 Å². The minimum absolute atomic E-state index is 0.0620. The average molecular weight is 980 g/mol. The van der Waals surface area contributed by atoms with Gasteiger partial charge in [-0.2, -0.15) is 0 Å². The Bertz CT molecular complexity index is 2690. The molecule has 0 radical (unpaired) electrons. The Morgan fingerprint density at radius 1 is 0.930 bits per heavy atom. The molecule has 1 saturated heterocycles. The molecule has 3 saturated carbocycles. The van der Waals surface area contributed by atoms with Gasteiger partial charge in [0, 0.05) is 46.8 Å². The second-order valence-corrected chi connectivity index (χ2v) is 22.7. The molecule has 2 aromatic carbocycles. The fraction of sp³-hybridized carbons (Fsp3) is 0.545. The maximum Gasteiger partial charge on any atom is 0.407 e. The van der Waals surface area contributed by atoms with Gasteiger partial charge in [-0.3, -0.25) is 29.0 Å². The van der Waals surface area contributed by atoms with Gasteiger partial charge in [-0.25, -0.2) is 9.18 Å². The third-order valence-corrected chi connectivity index (χ3v) is 15.5. The SMILES string of the molecule is CC(C)(CC(=O)OCC(=O)[C@@]12OC(C)(C)O[C@@H]1C[C@H]1[C@@H]3CCC4=CC(=O)C=C[C@]4(C)[C@@]3(F)[C@@H](O)C[C@@]12C)CC(=O)OCc1ccc([C@@H](CNC(=O)OC(C)(C)C)C(=O)Nc2ccc3cnccc3c2)cc1. The van der Waals surface area contributed by atoms with Crippen molar-refractivity contribution in [3.8, 4) is 0 Å². The Hall–Kier alpha value is -5.84. The number of rotatable bonds is 14. The molecule has 0 bridgehead atoms. The number of hydrogen-bond donors (Lipinski definition) is 3. The zero-order valence-electron chi connectivity index (χ0n) is 42.0. The lowest BCUT2D eigenvalue weighted by Crippen LogP contribution is -2.70. The van der Waals surface area contributed by atoms with E-state index in [0.29, 0.717) is 35.2 Å². The number of aliphatic hydroxyl groups excluding tert-OH is 1. The molecule has 3 N–H and O–H groups in total. The molecule has 71 heavy (non-hydrogen) atoms. The zero-order valence-corrected chi connectivity index (χ0v) is 42.0. The van der Waals surface area contributed by atoms with Crippen molar-refractivity contribution in [1.29, 1.82) is 0 Å². The number of allylic oxidation sites excluding steroid dienone is 4. The van der Waals surface area contributed by atoms with Crippen molar-refractivity contribution in [3.63, 3.8) is 0 Å². The number of amides is 2. The molecule has 380 valence electrons. The average Bonchev–Trinajstić information content (AvgIpc) is 3.69. The predicted octanol–water partition coefficient (Wildman–Crippen LogP) is 8.31. The van der Waals surface area contributed by atoms with E-state index >= 15 is 4.39 Å². The Morgan fingerprint density at radius 3 is 2.34 bits per heavy atom. The minimum Gasteiger partial charge on any atom is -0.461 e. The summed E-state index contributed by atoms with van der Waals surface area (Å²) in [6, 6.07) is 14.2. The van der Waals surface area contributed by atoms with Crippen LogP contribution in [0.3, 0.4) is 0 Å². The van der Waals surface area contributed by atoms with Gasteiger partial charge < -0.3 is 39.4 Å². The number of halogens is 1. The highest BCUT2D eigenvalue weighted by molar-refractivity contribution is 6.01. The number of Topliss-reactive ketones (excluding diaryl/α,β-unsaturated/α-hetero) is 1. The topological polar surface area (TPSA) is 206 Å². The summed E-state index contributed by atoms with van der Waals surface area (Å²) in [5, 5.41) is 19.4. The monoisotopic (exact) mass is 979 g/mol. The molecule has 5 aliphatic rings. The maximum absolute atomic E-state index is 17.8. The highest BCUT2D eigenvalue weighted by Crippen LogP contribution is 2.72. The largest absolute Gasteiger partial charge is 0.461 e. The first-order valence-electron chi connectivity index (χ1n) is 24.4. The van der Waals surface area contributed by atoms with Gasteiger partial charge in [-0.05, 0) is 125 Å². The summed E-state index contributed by atoms with van der Waals surface area (Å²) in [6.45, 7) is 14.8. The first kappa shape index (κ1) is 51.5. The van der Waals surface area contributed by atoms with Crippen LogP contribution >= 0.6 is 0 Å². The normalized spacial score (nSPS) is 29.9. The summed E-state index contributed by atoms with van der Waals surface area (Å²) in [7, 11) is 0. The van der Waals surface area contributed by atoms with Gasteiger partial charge >= 0.3 is 18.0 Å². The summed E-state index contributed by atoms with van der Waals surface area (Å²) in [5.41, 5.74) is -5.33. The number of hydrogen-bond acceptors (Lipinski definition) is 13. The van der Waals surface area contributed by atoms with Crippen LogP contribution in [0.2, 0.25) is 0 Å². The Balaban J connectivity index is 0.872. The molecule has 2 amide bonds. The maximum atomic E-state index is 17.8. The molecule has 0 spiro atoms. The van der Waals surface area contributed by atoms with Crippen LogP contribution in [0.15, 0.2) is 84.7 Å². The molecule has 0 unspecified atom stereocenters. The summed E-state index contributed by atoms with van der Waals surface area (Å²) >= 11 is 0. The van der Waals surface area contributed by atoms with Crippen LogP contribution in [0.5, 0.6) is 0 Å². The smallest absolute Gasteiger partial charge is 0.407 e. The predicted molar refractivity (Wildman–Crippen MR) is 259 cm³/mol. The standard InChI is InChI=1S/C55H66FN3O12/c1-49(2,3)70-48(66)58-29-39(47(65)59-37-16-14-35-28-57-21-19-34(35)22-37)33-12-10-32(11-13-33)30-67-45(63)26-50(4,5)27-46(64)68-31-43(62)55-44(69-51(6,7)71-55)24-41-40-17-15-36-23-38(60)18-20-52(36,8)54(40,56)42(61)25-53(41,55)9/h10-14,16,18-23,28,39-42,44,61H,15,17,24-27,29-31H2,1-9H3,(H,58,66)(H,59,65)/t39-,40+,41+,42+,44-,52+,53+,54+,55-/m1/s1. The summed E-state index contributed by atoms with van der Waals surface area (Å²) in [4.78, 5) is 84.1. The van der Waals surface area contributed by atoms with E-state index in [1.54, 1.807) is 104 Å². The molecule has 2 heterocycles. The van der Waals surface area contributed by atoms with E-state index in [2.05, 4.69) is 15.6 Å². The van der Waals surface area contributed by atoms with Gasteiger partial charge in [0.05, 0.1) is 31.0 Å².